The zero-order valence-electron chi connectivity index (χ0n) is 70.0. The number of benzene rings is 4. The first kappa shape index (κ1) is 89.2. The summed E-state index contributed by atoms with van der Waals surface area (Å²) in [5.74, 6) is 6.45. The molecule has 0 aliphatic carbocycles. The topological polar surface area (TPSA) is 298 Å². The molecule has 1 N–H and O–H groups in total. The van der Waals surface area contributed by atoms with Crippen LogP contribution in [0.25, 0.3) is 22.1 Å². The van der Waals surface area contributed by atoms with E-state index in [2.05, 4.69) is 102 Å². The molecule has 642 valence electrons. The van der Waals surface area contributed by atoms with Crippen LogP contribution in [0.4, 0.5) is 0 Å². The summed E-state index contributed by atoms with van der Waals surface area (Å²) in [5.41, 5.74) is 8.71. The van der Waals surface area contributed by atoms with E-state index in [1.54, 1.807) is 77.5 Å². The lowest BCUT2D eigenvalue weighted by atomic mass is 10.0. The fraction of sp³-hybridized carbons (Fsp3) is 0.352. The zero-order chi connectivity index (χ0) is 87.6. The number of oxime groups is 1. The third-order valence-corrected chi connectivity index (χ3v) is 25.2. The van der Waals surface area contributed by atoms with Gasteiger partial charge in [0.1, 0.15) is 104 Å². The van der Waals surface area contributed by atoms with Crippen molar-refractivity contribution in [3.8, 4) is 52.1 Å². The Morgan fingerprint density at radius 3 is 1.03 bits per heavy atom. The van der Waals surface area contributed by atoms with Crippen molar-refractivity contribution in [2.75, 3.05) is 54.6 Å². The van der Waals surface area contributed by atoms with E-state index in [-0.39, 0.29) is 95.9 Å². The highest BCUT2D eigenvalue weighted by molar-refractivity contribution is 9.11. The zero-order valence-corrected chi connectivity index (χ0v) is 76.4. The van der Waals surface area contributed by atoms with E-state index >= 15 is 0 Å². The number of methoxy groups -OCH3 is 4. The van der Waals surface area contributed by atoms with Gasteiger partial charge in [-0.15, -0.1) is 0 Å². The molecule has 4 aliphatic rings. The minimum atomic E-state index is -0.218. The average Bonchev–Trinajstić information content (AvgIpc) is 1.66. The third-order valence-electron chi connectivity index (χ3n) is 23.5. The number of amides is 4. The number of likely N-dealkylation sites (tertiary alicyclic amines) is 4. The van der Waals surface area contributed by atoms with Gasteiger partial charge in [0.2, 0.25) is 23.6 Å². The summed E-state index contributed by atoms with van der Waals surface area (Å²) < 4.78 is 56.0. The summed E-state index contributed by atoms with van der Waals surface area (Å²) in [4.78, 5) is 70.2. The number of aromatic nitrogens is 8. The van der Waals surface area contributed by atoms with Gasteiger partial charge in [0, 0.05) is 124 Å². The molecular formula is C91H96Br4N14O14. The molecule has 32 heteroatoms. The molecule has 0 spiro atoms. The van der Waals surface area contributed by atoms with Crippen LogP contribution in [-0.4, -0.2) is 178 Å². The van der Waals surface area contributed by atoms with Crippen LogP contribution in [0.15, 0.2) is 200 Å². The highest BCUT2D eigenvalue weighted by atomic mass is 79.9. The largest absolute Gasteiger partial charge is 0.497 e. The van der Waals surface area contributed by atoms with Crippen LogP contribution in [0, 0.1) is 35.0 Å². The summed E-state index contributed by atoms with van der Waals surface area (Å²) >= 11 is 13.9. The summed E-state index contributed by atoms with van der Waals surface area (Å²) in [6.07, 6.45) is 16.8. The summed E-state index contributed by atoms with van der Waals surface area (Å²) in [6, 6.07) is 42.7. The number of nitriles is 1. The molecule has 4 fully saturated rings. The van der Waals surface area contributed by atoms with Crippen LogP contribution in [0.2, 0.25) is 0 Å². The number of fused-ring (bicyclic) bond motifs is 4. The smallest absolute Gasteiger partial charge is 0.223 e. The Morgan fingerprint density at radius 1 is 0.415 bits per heavy atom. The Bertz CT molecular complexity index is 5840. The van der Waals surface area contributed by atoms with Crippen molar-refractivity contribution in [2.45, 2.75) is 130 Å². The van der Waals surface area contributed by atoms with Crippen molar-refractivity contribution in [3.63, 3.8) is 0 Å². The van der Waals surface area contributed by atoms with Gasteiger partial charge in [-0.05, 0) is 220 Å². The molecule has 4 aliphatic heterocycles. The van der Waals surface area contributed by atoms with Gasteiger partial charge in [0.05, 0.1) is 89.2 Å². The van der Waals surface area contributed by atoms with Crippen LogP contribution in [0.3, 0.4) is 0 Å². The Balaban J connectivity index is 0.000000141. The quantitative estimate of drug-likeness (QED) is 0.0228. The fourth-order valence-electron chi connectivity index (χ4n) is 16.1. The number of carbonyl (C=O) groups is 5. The number of rotatable bonds is 26. The van der Waals surface area contributed by atoms with Crippen LogP contribution in [0.5, 0.6) is 46.0 Å². The van der Waals surface area contributed by atoms with Gasteiger partial charge in [0.15, 0.2) is 6.29 Å². The Kier molecular flexibility index (Phi) is 28.8. The lowest BCUT2D eigenvalue weighted by molar-refractivity contribution is -0.130. The minimum absolute atomic E-state index is 0.0120. The molecule has 0 bridgehead atoms. The fourth-order valence-corrected chi connectivity index (χ4v) is 17.7. The average molecular weight is 1930 g/mol. The second-order valence-electron chi connectivity index (χ2n) is 31.0. The second kappa shape index (κ2) is 39.8. The van der Waals surface area contributed by atoms with E-state index < -0.39 is 0 Å². The molecule has 4 saturated heterocycles. The normalized spacial score (nSPS) is 18.4. The number of hydrogen-bond donors (Lipinski definition) is 1. The molecule has 12 heterocycles. The Hall–Kier alpha value is -11.5. The molecule has 4 aromatic carbocycles. The predicted molar refractivity (Wildman–Crippen MR) is 476 cm³/mol. The maximum atomic E-state index is 12.8. The van der Waals surface area contributed by atoms with E-state index in [9.17, 15) is 29.2 Å². The predicted octanol–water partition coefficient (Wildman–Crippen LogP) is 17.4. The molecule has 123 heavy (non-hydrogen) atoms. The maximum Gasteiger partial charge on any atom is 0.223 e. The van der Waals surface area contributed by atoms with E-state index in [0.29, 0.717) is 102 Å². The highest BCUT2D eigenvalue weighted by Gasteiger charge is 2.42. The van der Waals surface area contributed by atoms with Gasteiger partial charge in [0.25, 0.3) is 0 Å². The van der Waals surface area contributed by atoms with E-state index in [0.717, 1.165) is 80.7 Å². The van der Waals surface area contributed by atoms with Crippen molar-refractivity contribution in [1.82, 2.24) is 58.1 Å². The van der Waals surface area contributed by atoms with Crippen LogP contribution in [0.1, 0.15) is 149 Å². The standard InChI is InChI=1S/C23H25BrN4O4.C23H23BrN4O3.C23H24BrN3O4.C22H24BrN3O3/c1-14(16-4-6-20(31-3)7-5-16)27-12-17(8-22(27)29)15(2)32-21-9-19(24)13-28-23(21)18(10-25-28)11-26-30;1-14(16-4-6-20(30-3)7-5-16)27-12-17(8-22(27)29)15(2)31-21-9-19(24)13-28-23(21)18(10-25)11-26-28;1-14(16-4-6-20(30-3)7-5-16)26-11-17(8-22(26)29)15(2)31-21-9-19(24)12-27-23(21)18(13-28)10-25-27;1-14(16-4-6-19(28-3)7-5-16)25-12-17(10-22(25)27)15(2)29-21-11-18(23)13-26-20(21)8-9-24-26/h4-7,9-11,13-15,17,30H,8,12H2,1-3H3;4-7,9,11,13-15,17H,8,12H2,1-3H3;4-7,9-10,12-15,17H,8,11H2,1-3H3;4-9,11,13-15,17H,10,12H2,1-3H3/t4*14-,15-,17-/m1111/s1. The number of pyridine rings is 4. The number of carbonyl (C=O) groups excluding carboxylic acids is 5. The van der Waals surface area contributed by atoms with Crippen molar-refractivity contribution in [1.29, 1.82) is 5.26 Å². The first-order chi connectivity index (χ1) is 59.2. The number of ether oxygens (including phenoxy) is 8. The summed E-state index contributed by atoms with van der Waals surface area (Å²) in [7, 11) is 6.56. The SMILES string of the molecule is COc1ccc([C@@H](C)N2C[C@H]([C@@H](C)Oc3cc(Br)cn4ncc(C#N)c34)CC2=O)cc1.COc1ccc([C@@H](C)N2C[C@H]([C@@H](C)Oc3cc(Br)cn4ncc(C=NO)c34)CC2=O)cc1.COc1ccc([C@@H](C)N2C[C@H]([C@@H](C)Oc3cc(Br)cn4ncc(C=O)c34)CC2=O)cc1.COc1ccc([C@@H](C)N2C[C@H]([C@@H](C)Oc3cc(Br)cn4nccc34)CC2=O)cc1. The minimum Gasteiger partial charge on any atom is -0.497 e. The molecule has 12 atom stereocenters. The van der Waals surface area contributed by atoms with Crippen molar-refractivity contribution in [2.24, 2.45) is 28.8 Å². The molecule has 0 radical (unpaired) electrons. The highest BCUT2D eigenvalue weighted by Crippen LogP contribution is 2.41. The monoisotopic (exact) mass is 1920 g/mol. The van der Waals surface area contributed by atoms with Gasteiger partial charge < -0.3 is 62.7 Å². The molecule has 0 unspecified atom stereocenters. The van der Waals surface area contributed by atoms with Gasteiger partial charge >= 0.3 is 0 Å². The number of halogens is 4. The lowest BCUT2D eigenvalue weighted by Crippen LogP contribution is -2.31. The van der Waals surface area contributed by atoms with Crippen molar-refractivity contribution in [3.05, 3.63) is 234 Å². The molecule has 16 rings (SSSR count). The molecule has 28 nitrogen and oxygen atoms in total. The maximum absolute atomic E-state index is 12.8. The summed E-state index contributed by atoms with van der Waals surface area (Å²) in [6.45, 7) is 18.6. The number of aldehydes is 1. The van der Waals surface area contributed by atoms with Gasteiger partial charge in [-0.3, -0.25) is 24.0 Å². The van der Waals surface area contributed by atoms with E-state index in [1.165, 1.54) is 18.6 Å². The second-order valence-corrected chi connectivity index (χ2v) is 34.7. The molecule has 0 saturated carbocycles. The van der Waals surface area contributed by atoms with Gasteiger partial charge in [-0.25, -0.2) is 18.1 Å². The first-order valence-corrected chi connectivity index (χ1v) is 43.4. The van der Waals surface area contributed by atoms with Crippen LogP contribution in [-0.2, 0) is 19.2 Å². The first-order valence-electron chi connectivity index (χ1n) is 40.3. The van der Waals surface area contributed by atoms with Crippen molar-refractivity contribution >= 4 is 122 Å². The lowest BCUT2D eigenvalue weighted by Gasteiger charge is -2.27. The van der Waals surface area contributed by atoms with Crippen LogP contribution < -0.4 is 37.9 Å². The van der Waals surface area contributed by atoms with Gasteiger partial charge in [-0.1, -0.05) is 53.7 Å². The van der Waals surface area contributed by atoms with Crippen molar-refractivity contribution < 1.29 is 67.1 Å². The third kappa shape index (κ3) is 20.4. The van der Waals surface area contributed by atoms with E-state index in [1.807, 2.05) is 202 Å². The van der Waals surface area contributed by atoms with Gasteiger partial charge in [-0.2, -0.15) is 25.7 Å². The molecule has 8 aromatic heterocycles. The number of hydrogen-bond acceptors (Lipinski definition) is 20. The number of nitrogens with zero attached hydrogens (tertiary/aromatic N) is 14. The molecule has 4 amide bonds. The van der Waals surface area contributed by atoms with E-state index in [4.69, 9.17) is 43.1 Å². The Labute approximate surface area is 746 Å². The van der Waals surface area contributed by atoms with Crippen LogP contribution >= 0.6 is 63.7 Å². The molecule has 12 aromatic rings. The molecular weight excluding hydrogens is 1830 g/mol. The Morgan fingerprint density at radius 2 is 0.707 bits per heavy atom. The summed E-state index contributed by atoms with van der Waals surface area (Å²) in [5, 5.41) is 38.5.